The number of carbonyl (C=O) groups is 1. The second-order valence-electron chi connectivity index (χ2n) is 6.35. The van der Waals surface area contributed by atoms with Crippen molar-refractivity contribution in [2.45, 2.75) is 32.4 Å². The SMILES string of the molecule is Cc1[nH]ncc1CNC[C@H]1CCC(=O)N(C)[C@@H]1c1cnn(C)c1. The maximum absolute atomic E-state index is 12.1. The van der Waals surface area contributed by atoms with Crippen LogP contribution < -0.4 is 5.32 Å². The molecule has 0 aliphatic carbocycles. The second-order valence-corrected chi connectivity index (χ2v) is 6.35. The molecule has 0 spiro atoms. The van der Waals surface area contributed by atoms with E-state index in [1.165, 1.54) is 5.56 Å². The summed E-state index contributed by atoms with van der Waals surface area (Å²) < 4.78 is 1.79. The third-order valence-electron chi connectivity index (χ3n) is 4.71. The van der Waals surface area contributed by atoms with Crippen molar-refractivity contribution in [2.24, 2.45) is 13.0 Å². The first-order chi connectivity index (χ1) is 11.1. The number of likely N-dealkylation sites (tertiary alicyclic amines) is 1. The summed E-state index contributed by atoms with van der Waals surface area (Å²) in [5.41, 5.74) is 3.38. The first-order valence-electron chi connectivity index (χ1n) is 8.00. The van der Waals surface area contributed by atoms with Crippen molar-refractivity contribution in [3.8, 4) is 0 Å². The van der Waals surface area contributed by atoms with Crippen molar-refractivity contribution in [3.63, 3.8) is 0 Å². The van der Waals surface area contributed by atoms with Crippen LogP contribution in [0, 0.1) is 12.8 Å². The Hall–Kier alpha value is -2.15. The molecule has 3 rings (SSSR count). The van der Waals surface area contributed by atoms with Crippen molar-refractivity contribution in [3.05, 3.63) is 35.4 Å². The minimum atomic E-state index is 0.0860. The minimum absolute atomic E-state index is 0.0860. The van der Waals surface area contributed by atoms with E-state index in [4.69, 9.17) is 0 Å². The highest BCUT2D eigenvalue weighted by Crippen LogP contribution is 2.35. The zero-order chi connectivity index (χ0) is 16.4. The van der Waals surface area contributed by atoms with Crippen molar-refractivity contribution in [1.82, 2.24) is 30.2 Å². The largest absolute Gasteiger partial charge is 0.338 e. The summed E-state index contributed by atoms with van der Waals surface area (Å²) in [6.45, 7) is 3.67. The Bertz CT molecular complexity index is 676. The summed E-state index contributed by atoms with van der Waals surface area (Å²) in [5, 5.41) is 14.8. The van der Waals surface area contributed by atoms with Gasteiger partial charge < -0.3 is 10.2 Å². The van der Waals surface area contributed by atoms with Crippen LogP contribution in [0.2, 0.25) is 0 Å². The number of piperidine rings is 1. The standard InChI is InChI=1S/C16H24N6O/c1-11-13(8-18-20-11)7-17-6-12-4-5-15(23)22(3)16(12)14-9-19-21(2)10-14/h8-10,12,16-17H,4-7H2,1-3H3,(H,18,20)/t12-,16+/m1/s1. The van der Waals surface area contributed by atoms with Crippen LogP contribution in [0.3, 0.4) is 0 Å². The quantitative estimate of drug-likeness (QED) is 0.867. The fraction of sp³-hybridized carbons (Fsp3) is 0.562. The Kier molecular flexibility index (Phi) is 4.47. The van der Waals surface area contributed by atoms with Crippen LogP contribution in [0.25, 0.3) is 0 Å². The molecule has 1 amide bonds. The molecule has 7 nitrogen and oxygen atoms in total. The van der Waals surface area contributed by atoms with Crippen LogP contribution in [-0.2, 0) is 18.4 Å². The molecule has 0 radical (unpaired) electrons. The number of aryl methyl sites for hydroxylation is 2. The number of aromatic nitrogens is 4. The Labute approximate surface area is 136 Å². The molecule has 1 aliphatic rings. The third-order valence-corrected chi connectivity index (χ3v) is 4.71. The number of carbonyl (C=O) groups excluding carboxylic acids is 1. The second kappa shape index (κ2) is 6.54. The zero-order valence-electron chi connectivity index (χ0n) is 13.9. The van der Waals surface area contributed by atoms with E-state index in [0.29, 0.717) is 12.3 Å². The van der Waals surface area contributed by atoms with Gasteiger partial charge in [-0.1, -0.05) is 0 Å². The number of rotatable bonds is 5. The van der Waals surface area contributed by atoms with Gasteiger partial charge in [0.2, 0.25) is 5.91 Å². The Morgan fingerprint density at radius 2 is 2.22 bits per heavy atom. The number of H-pyrrole nitrogens is 1. The fourth-order valence-electron chi connectivity index (χ4n) is 3.36. The van der Waals surface area contributed by atoms with Gasteiger partial charge in [-0.2, -0.15) is 10.2 Å². The predicted octanol–water partition coefficient (Wildman–Crippen LogP) is 1.15. The van der Waals surface area contributed by atoms with E-state index >= 15 is 0 Å². The summed E-state index contributed by atoms with van der Waals surface area (Å²) in [6.07, 6.45) is 7.25. The molecule has 1 fully saturated rings. The van der Waals surface area contributed by atoms with Gasteiger partial charge >= 0.3 is 0 Å². The van der Waals surface area contributed by atoms with E-state index in [1.54, 1.807) is 4.68 Å². The topological polar surface area (TPSA) is 78.8 Å². The Morgan fingerprint density at radius 3 is 2.87 bits per heavy atom. The average molecular weight is 316 g/mol. The molecule has 2 N–H and O–H groups in total. The molecule has 1 saturated heterocycles. The predicted molar refractivity (Wildman–Crippen MR) is 86.5 cm³/mol. The molecule has 7 heteroatoms. The van der Waals surface area contributed by atoms with Gasteiger partial charge in [0.25, 0.3) is 0 Å². The summed E-state index contributed by atoms with van der Waals surface area (Å²) in [4.78, 5) is 14.0. The molecule has 2 aromatic rings. The number of hydrogen-bond acceptors (Lipinski definition) is 4. The highest BCUT2D eigenvalue weighted by molar-refractivity contribution is 5.77. The van der Waals surface area contributed by atoms with E-state index in [0.717, 1.165) is 30.8 Å². The van der Waals surface area contributed by atoms with Gasteiger partial charge in [-0.15, -0.1) is 0 Å². The van der Waals surface area contributed by atoms with Gasteiger partial charge in [-0.05, 0) is 19.3 Å². The average Bonchev–Trinajstić information content (AvgIpc) is 3.12. The number of nitrogens with zero attached hydrogens (tertiary/aromatic N) is 4. The summed E-state index contributed by atoms with van der Waals surface area (Å²) in [7, 11) is 3.80. The maximum Gasteiger partial charge on any atom is 0.222 e. The van der Waals surface area contributed by atoms with Gasteiger partial charge in [-0.25, -0.2) is 0 Å². The van der Waals surface area contributed by atoms with Crippen LogP contribution in [-0.4, -0.2) is 44.4 Å². The first kappa shape index (κ1) is 15.7. The molecule has 124 valence electrons. The molecule has 2 aromatic heterocycles. The van der Waals surface area contributed by atoms with Crippen molar-refractivity contribution >= 4 is 5.91 Å². The van der Waals surface area contributed by atoms with Gasteiger partial charge in [0.05, 0.1) is 18.4 Å². The summed E-state index contributed by atoms with van der Waals surface area (Å²) >= 11 is 0. The molecule has 0 unspecified atom stereocenters. The lowest BCUT2D eigenvalue weighted by Crippen LogP contribution is -2.43. The van der Waals surface area contributed by atoms with Crippen LogP contribution in [0.5, 0.6) is 0 Å². The van der Waals surface area contributed by atoms with E-state index < -0.39 is 0 Å². The number of hydrogen-bond donors (Lipinski definition) is 2. The lowest BCUT2D eigenvalue weighted by Gasteiger charge is -2.38. The van der Waals surface area contributed by atoms with E-state index in [9.17, 15) is 4.79 Å². The van der Waals surface area contributed by atoms with Crippen LogP contribution in [0.1, 0.15) is 35.7 Å². The molecule has 1 aliphatic heterocycles. The maximum atomic E-state index is 12.1. The lowest BCUT2D eigenvalue weighted by atomic mass is 9.85. The smallest absolute Gasteiger partial charge is 0.222 e. The molecular formula is C16H24N6O. The van der Waals surface area contributed by atoms with E-state index in [-0.39, 0.29) is 11.9 Å². The zero-order valence-corrected chi connectivity index (χ0v) is 13.9. The minimum Gasteiger partial charge on any atom is -0.338 e. The van der Waals surface area contributed by atoms with E-state index in [2.05, 4.69) is 20.6 Å². The summed E-state index contributed by atoms with van der Waals surface area (Å²) in [5.74, 6) is 0.592. The number of aromatic amines is 1. The summed E-state index contributed by atoms with van der Waals surface area (Å²) in [6, 6.07) is 0.0860. The normalized spacial score (nSPS) is 21.9. The van der Waals surface area contributed by atoms with Crippen LogP contribution in [0.4, 0.5) is 0 Å². The number of nitrogens with one attached hydrogen (secondary N) is 2. The Balaban J connectivity index is 1.68. The van der Waals surface area contributed by atoms with Crippen LogP contribution >= 0.6 is 0 Å². The highest BCUT2D eigenvalue weighted by Gasteiger charge is 2.35. The number of amides is 1. The lowest BCUT2D eigenvalue weighted by molar-refractivity contribution is -0.137. The molecular weight excluding hydrogens is 292 g/mol. The molecule has 0 saturated carbocycles. The Morgan fingerprint density at radius 1 is 1.39 bits per heavy atom. The van der Waals surface area contributed by atoms with Crippen LogP contribution in [0.15, 0.2) is 18.6 Å². The highest BCUT2D eigenvalue weighted by atomic mass is 16.2. The third kappa shape index (κ3) is 3.29. The van der Waals surface area contributed by atoms with Gasteiger partial charge in [0, 0.05) is 56.6 Å². The first-order valence-corrected chi connectivity index (χ1v) is 8.00. The molecule has 23 heavy (non-hydrogen) atoms. The van der Waals surface area contributed by atoms with Gasteiger partial charge in [0.1, 0.15) is 0 Å². The molecule has 2 atom stereocenters. The molecule has 0 aromatic carbocycles. The monoisotopic (exact) mass is 316 g/mol. The fourth-order valence-corrected chi connectivity index (χ4v) is 3.36. The van der Waals surface area contributed by atoms with Gasteiger partial charge in [-0.3, -0.25) is 14.6 Å². The van der Waals surface area contributed by atoms with Gasteiger partial charge in [0.15, 0.2) is 0 Å². The molecule has 3 heterocycles. The van der Waals surface area contributed by atoms with Crippen molar-refractivity contribution < 1.29 is 4.79 Å². The van der Waals surface area contributed by atoms with E-state index in [1.807, 2.05) is 44.5 Å². The molecule has 0 bridgehead atoms. The van der Waals surface area contributed by atoms with Crippen molar-refractivity contribution in [2.75, 3.05) is 13.6 Å². The van der Waals surface area contributed by atoms with Crippen molar-refractivity contribution in [1.29, 1.82) is 0 Å².